The summed E-state index contributed by atoms with van der Waals surface area (Å²) in [5.74, 6) is 0.207. The van der Waals surface area contributed by atoms with Crippen molar-refractivity contribution in [3.63, 3.8) is 0 Å². The molecule has 3 nitrogen and oxygen atoms in total. The van der Waals surface area contributed by atoms with Crippen LogP contribution in [-0.4, -0.2) is 44.0 Å². The maximum absolute atomic E-state index is 5.68. The molecule has 1 heterocycles. The zero-order chi connectivity index (χ0) is 28.7. The van der Waals surface area contributed by atoms with Gasteiger partial charge in [0.05, 0.1) is 0 Å². The molecule has 1 aromatic carbocycles. The smallest absolute Gasteiger partial charge is 0.0489 e. The van der Waals surface area contributed by atoms with Gasteiger partial charge in [-0.2, -0.15) is 0 Å². The molecular weight excluding hydrogens is 509 g/mol. The maximum Gasteiger partial charge on any atom is 0.0489 e. The van der Waals surface area contributed by atoms with E-state index in [-0.39, 0.29) is 11.3 Å². The van der Waals surface area contributed by atoms with Gasteiger partial charge in [-0.15, -0.1) is 24.8 Å². The van der Waals surface area contributed by atoms with Gasteiger partial charge in [0, 0.05) is 53.2 Å². The standard InChI is InChI=1S/C17H25N3.C6H10Cl2.C3H5Cl.C2H6.C2H4/c1-4-19(3)17-8-7-15-9-12-20(14-16(15)13-17)11-6-5-10-18-2;1-4(5(2)7)6(3)8;1-3(2)4;2*1-2/h1,7-8,13,18H,5-6,9-12,14H2,2-3H3;4,6H,2H2,1,3H3;1H2,2H3;1-2H3;1-2H2. The van der Waals surface area contributed by atoms with E-state index in [0.717, 1.165) is 25.2 Å². The second-order valence-electron chi connectivity index (χ2n) is 8.07. The van der Waals surface area contributed by atoms with Crippen LogP contribution in [-0.2, 0) is 13.0 Å². The normalized spacial score (nSPS) is 13.0. The van der Waals surface area contributed by atoms with Crippen molar-refractivity contribution in [3.05, 3.63) is 65.7 Å². The number of hydrogen-bond acceptors (Lipinski definition) is 3. The molecule has 0 radical (unpaired) electrons. The number of nitrogens with zero attached hydrogens (tertiary/aromatic N) is 2. The fourth-order valence-electron chi connectivity index (χ4n) is 2.96. The number of alkyl halides is 1. The first kappa shape index (κ1) is 39.1. The van der Waals surface area contributed by atoms with E-state index in [2.05, 4.69) is 60.8 Å². The minimum Gasteiger partial charge on any atom is -0.320 e. The lowest BCUT2D eigenvalue weighted by Gasteiger charge is -2.29. The van der Waals surface area contributed by atoms with Gasteiger partial charge in [-0.1, -0.05) is 69.6 Å². The van der Waals surface area contributed by atoms with Gasteiger partial charge in [0.2, 0.25) is 0 Å². The number of nitrogens with one attached hydrogen (secondary N) is 1. The molecule has 0 spiro atoms. The van der Waals surface area contributed by atoms with Crippen LogP contribution in [0.25, 0.3) is 0 Å². The van der Waals surface area contributed by atoms with Gasteiger partial charge in [-0.3, -0.25) is 4.90 Å². The highest BCUT2D eigenvalue weighted by molar-refractivity contribution is 6.30. The van der Waals surface area contributed by atoms with E-state index < -0.39 is 0 Å². The van der Waals surface area contributed by atoms with Gasteiger partial charge >= 0.3 is 0 Å². The summed E-state index contributed by atoms with van der Waals surface area (Å²) in [6.45, 7) is 27.0. The Morgan fingerprint density at radius 1 is 1.17 bits per heavy atom. The minimum atomic E-state index is 0.0833. The van der Waals surface area contributed by atoms with Crippen molar-refractivity contribution >= 4 is 40.5 Å². The summed E-state index contributed by atoms with van der Waals surface area (Å²) in [6.07, 6.45) is 9.13. The highest BCUT2D eigenvalue weighted by Gasteiger charge is 2.16. The Morgan fingerprint density at radius 3 is 2.14 bits per heavy atom. The van der Waals surface area contributed by atoms with Crippen molar-refractivity contribution in [2.45, 2.75) is 65.8 Å². The molecule has 0 saturated heterocycles. The van der Waals surface area contributed by atoms with E-state index in [0.29, 0.717) is 10.1 Å². The van der Waals surface area contributed by atoms with Crippen molar-refractivity contribution < 1.29 is 0 Å². The van der Waals surface area contributed by atoms with Crippen LogP contribution in [0.4, 0.5) is 5.69 Å². The lowest BCUT2D eigenvalue weighted by molar-refractivity contribution is 0.249. The molecule has 0 saturated carbocycles. The van der Waals surface area contributed by atoms with Crippen molar-refractivity contribution in [3.8, 4) is 12.5 Å². The molecule has 36 heavy (non-hydrogen) atoms. The molecule has 0 bridgehead atoms. The van der Waals surface area contributed by atoms with Crippen LogP contribution in [0.5, 0.6) is 0 Å². The van der Waals surface area contributed by atoms with E-state index >= 15 is 0 Å². The Balaban J connectivity index is -0.000000566. The van der Waals surface area contributed by atoms with E-state index in [1.807, 2.05) is 46.7 Å². The molecule has 6 heteroatoms. The van der Waals surface area contributed by atoms with Crippen molar-refractivity contribution in [1.29, 1.82) is 0 Å². The highest BCUT2D eigenvalue weighted by atomic mass is 35.5. The van der Waals surface area contributed by atoms with E-state index in [1.54, 1.807) is 6.92 Å². The Morgan fingerprint density at radius 2 is 1.72 bits per heavy atom. The predicted molar refractivity (Wildman–Crippen MR) is 169 cm³/mol. The summed E-state index contributed by atoms with van der Waals surface area (Å²) in [5.41, 5.74) is 4.03. The summed E-state index contributed by atoms with van der Waals surface area (Å²) < 4.78 is 0. The van der Waals surface area contributed by atoms with Crippen LogP contribution in [0.3, 0.4) is 0 Å². The summed E-state index contributed by atoms with van der Waals surface area (Å²) in [6, 6.07) is 9.26. The van der Waals surface area contributed by atoms with Crippen LogP contribution < -0.4 is 10.2 Å². The summed E-state index contributed by atoms with van der Waals surface area (Å²) >= 11 is 16.3. The Bertz CT molecular complexity index is 752. The number of unbranched alkanes of at least 4 members (excludes halogenated alkanes) is 1. The molecule has 2 rings (SSSR count). The average Bonchev–Trinajstić information content (AvgIpc) is 2.87. The number of anilines is 1. The monoisotopic (exact) mass is 557 g/mol. The minimum absolute atomic E-state index is 0.0833. The summed E-state index contributed by atoms with van der Waals surface area (Å²) in [4.78, 5) is 4.39. The molecule has 206 valence electrons. The Hall–Kier alpha value is -1.41. The number of fused-ring (bicyclic) bond motifs is 1. The van der Waals surface area contributed by atoms with Crippen LogP contribution in [0.15, 0.2) is 54.6 Å². The van der Waals surface area contributed by atoms with Crippen LogP contribution in [0, 0.1) is 18.4 Å². The molecule has 0 aromatic heterocycles. The third-order valence-corrected chi connectivity index (χ3v) is 5.92. The first-order chi connectivity index (χ1) is 17.0. The van der Waals surface area contributed by atoms with Crippen molar-refractivity contribution in [2.24, 2.45) is 5.92 Å². The Labute approximate surface area is 238 Å². The predicted octanol–water partition coefficient (Wildman–Crippen LogP) is 8.66. The van der Waals surface area contributed by atoms with Gasteiger partial charge < -0.3 is 10.2 Å². The van der Waals surface area contributed by atoms with Gasteiger partial charge in [0.25, 0.3) is 0 Å². The first-order valence-electron chi connectivity index (χ1n) is 12.5. The van der Waals surface area contributed by atoms with E-state index in [1.165, 1.54) is 37.1 Å². The maximum atomic E-state index is 5.68. The highest BCUT2D eigenvalue weighted by Crippen LogP contribution is 2.24. The lowest BCUT2D eigenvalue weighted by Crippen LogP contribution is -2.31. The molecule has 1 aromatic rings. The molecule has 0 amide bonds. The zero-order valence-electron chi connectivity index (χ0n) is 23.8. The summed E-state index contributed by atoms with van der Waals surface area (Å²) in [5, 5.41) is 4.56. The zero-order valence-corrected chi connectivity index (χ0v) is 26.0. The second kappa shape index (κ2) is 25.2. The van der Waals surface area contributed by atoms with Crippen molar-refractivity contribution in [2.75, 3.05) is 38.6 Å². The van der Waals surface area contributed by atoms with Gasteiger partial charge in [0.1, 0.15) is 0 Å². The lowest BCUT2D eigenvalue weighted by atomic mass is 9.98. The van der Waals surface area contributed by atoms with E-state index in [4.69, 9.17) is 41.2 Å². The van der Waals surface area contributed by atoms with Gasteiger partial charge in [-0.25, -0.2) is 0 Å². The SMILES string of the molecule is C#CN(C)c1ccc2c(c1)CN(CCCCNC)CC2.C=C.C=C(C)Cl.C=C(Cl)C(C)C(C)Cl.CC. The molecule has 2 unspecified atom stereocenters. The number of halogens is 3. The molecule has 2 atom stereocenters. The first-order valence-corrected chi connectivity index (χ1v) is 13.7. The molecular formula is C30H50Cl3N3. The van der Waals surface area contributed by atoms with Gasteiger partial charge in [-0.05, 0) is 76.5 Å². The third kappa shape index (κ3) is 19.7. The van der Waals surface area contributed by atoms with Crippen LogP contribution in [0.1, 0.15) is 58.6 Å². The average molecular weight is 559 g/mol. The fraction of sp³-hybridized carbons (Fsp3) is 0.533. The molecule has 0 aliphatic carbocycles. The molecule has 1 aliphatic rings. The van der Waals surface area contributed by atoms with Gasteiger partial charge in [0.15, 0.2) is 0 Å². The number of rotatable bonds is 8. The largest absolute Gasteiger partial charge is 0.320 e. The topological polar surface area (TPSA) is 18.5 Å². The molecule has 1 aliphatic heterocycles. The number of allylic oxidation sites excluding steroid dienone is 2. The second-order valence-corrected chi connectivity index (χ2v) is 9.89. The summed E-state index contributed by atoms with van der Waals surface area (Å²) in [7, 11) is 3.95. The van der Waals surface area contributed by atoms with Crippen LogP contribution in [0.2, 0.25) is 0 Å². The quantitative estimate of drug-likeness (QED) is 0.113. The van der Waals surface area contributed by atoms with E-state index in [9.17, 15) is 0 Å². The fourth-order valence-corrected chi connectivity index (χ4v) is 3.37. The Kier molecular flexibility index (Phi) is 27.4. The number of hydrogen-bond donors (Lipinski definition) is 1. The van der Waals surface area contributed by atoms with Crippen molar-refractivity contribution in [1.82, 2.24) is 10.2 Å². The number of terminal acetylenes is 1. The molecule has 0 fully saturated rings. The third-order valence-electron chi connectivity index (χ3n) is 5.20. The number of benzene rings is 1. The van der Waals surface area contributed by atoms with Crippen LogP contribution >= 0.6 is 34.8 Å². The molecule has 1 N–H and O–H groups in total.